The first kappa shape index (κ1) is 17.4. The van der Waals surface area contributed by atoms with Gasteiger partial charge in [0.05, 0.1) is 12.9 Å². The first-order valence-corrected chi connectivity index (χ1v) is 8.28. The summed E-state index contributed by atoms with van der Waals surface area (Å²) in [6.07, 6.45) is 2.13. The number of aliphatic carboxylic acids is 1. The number of aryl methyl sites for hydroxylation is 1. The molecule has 7 nitrogen and oxygen atoms in total. The second-order valence-electron chi connectivity index (χ2n) is 5.44. The van der Waals surface area contributed by atoms with E-state index in [9.17, 15) is 4.79 Å². The average molecular weight is 380 g/mol. The van der Waals surface area contributed by atoms with Crippen LogP contribution in [-0.4, -0.2) is 37.6 Å². The second-order valence-corrected chi connectivity index (χ2v) is 6.22. The van der Waals surface area contributed by atoms with E-state index in [0.717, 1.165) is 11.1 Å². The van der Waals surface area contributed by atoms with Gasteiger partial charge >= 0.3 is 5.97 Å². The summed E-state index contributed by atoms with van der Waals surface area (Å²) in [7, 11) is 1.73. The van der Waals surface area contributed by atoms with E-state index in [-0.39, 0.29) is 11.7 Å². The smallest absolute Gasteiger partial charge is 0.303 e. The van der Waals surface area contributed by atoms with Crippen LogP contribution in [0.2, 0.25) is 10.3 Å². The highest BCUT2D eigenvalue weighted by Gasteiger charge is 2.14. The van der Waals surface area contributed by atoms with Crippen molar-refractivity contribution in [2.75, 3.05) is 12.4 Å². The van der Waals surface area contributed by atoms with Crippen molar-refractivity contribution in [2.24, 2.45) is 0 Å². The van der Waals surface area contributed by atoms with E-state index < -0.39 is 5.97 Å². The van der Waals surface area contributed by atoms with Crippen LogP contribution in [0.4, 0.5) is 5.82 Å². The number of aromatic nitrogens is 4. The van der Waals surface area contributed by atoms with Crippen LogP contribution in [0.25, 0.3) is 11.2 Å². The summed E-state index contributed by atoms with van der Waals surface area (Å²) in [5, 5.41) is 12.6. The number of benzene rings is 1. The highest BCUT2D eigenvalue weighted by atomic mass is 35.5. The van der Waals surface area contributed by atoms with E-state index >= 15 is 0 Å². The van der Waals surface area contributed by atoms with Crippen LogP contribution >= 0.6 is 23.2 Å². The maximum Gasteiger partial charge on any atom is 0.303 e. The summed E-state index contributed by atoms with van der Waals surface area (Å²) >= 11 is 12.1. The lowest BCUT2D eigenvalue weighted by atomic mass is 10.0. The largest absolute Gasteiger partial charge is 0.481 e. The summed E-state index contributed by atoms with van der Waals surface area (Å²) in [4.78, 5) is 23.6. The third-order valence-electron chi connectivity index (χ3n) is 3.79. The van der Waals surface area contributed by atoms with Gasteiger partial charge in [-0.1, -0.05) is 17.7 Å². The molecule has 130 valence electrons. The molecule has 2 aromatic heterocycles. The third kappa shape index (κ3) is 3.83. The number of carboxylic acids is 1. The van der Waals surface area contributed by atoms with Gasteiger partial charge in [0.15, 0.2) is 17.0 Å². The predicted molar refractivity (Wildman–Crippen MR) is 96.4 cm³/mol. The Hall–Kier alpha value is -2.38. The molecule has 0 atom stereocenters. The van der Waals surface area contributed by atoms with Gasteiger partial charge in [-0.3, -0.25) is 4.79 Å². The zero-order valence-corrected chi connectivity index (χ0v) is 14.8. The Labute approximate surface area is 153 Å². The predicted octanol–water partition coefficient (Wildman–Crippen LogP) is 3.24. The van der Waals surface area contributed by atoms with Gasteiger partial charge in [-0.25, -0.2) is 4.98 Å². The van der Waals surface area contributed by atoms with Crippen molar-refractivity contribution in [3.05, 3.63) is 46.0 Å². The summed E-state index contributed by atoms with van der Waals surface area (Å²) in [5.41, 5.74) is 3.03. The molecule has 0 fully saturated rings. The molecule has 0 bridgehead atoms. The molecule has 0 spiro atoms. The van der Waals surface area contributed by atoms with Gasteiger partial charge in [-0.05, 0) is 41.3 Å². The molecule has 3 rings (SSSR count). The Bertz CT molecular complexity index is 942. The number of hydrogen-bond donors (Lipinski definition) is 2. The molecule has 2 N–H and O–H groups in total. The number of carbonyl (C=O) groups is 1. The van der Waals surface area contributed by atoms with Crippen LogP contribution in [-0.2, 0) is 17.8 Å². The van der Waals surface area contributed by atoms with E-state index in [1.54, 1.807) is 19.4 Å². The summed E-state index contributed by atoms with van der Waals surface area (Å²) in [5.74, 6) is -0.293. The molecule has 0 radical (unpaired) electrons. The van der Waals surface area contributed by atoms with Crippen LogP contribution in [0.1, 0.15) is 17.5 Å². The quantitative estimate of drug-likeness (QED) is 0.638. The van der Waals surface area contributed by atoms with Gasteiger partial charge < -0.3 is 15.0 Å². The third-order valence-corrected chi connectivity index (χ3v) is 4.19. The SMILES string of the molecule is CNc1nc(Cl)nc2c1ncn2Cc1cc(Cl)ccc1CCC(=O)O. The molecular weight excluding hydrogens is 365 g/mol. The fraction of sp³-hybridized carbons (Fsp3) is 0.250. The summed E-state index contributed by atoms with van der Waals surface area (Å²) in [6, 6.07) is 5.43. The van der Waals surface area contributed by atoms with Crippen LogP contribution < -0.4 is 5.32 Å². The molecule has 0 saturated carbocycles. The minimum atomic E-state index is -0.841. The van der Waals surface area contributed by atoms with Crippen LogP contribution in [0.5, 0.6) is 0 Å². The number of halogens is 2. The summed E-state index contributed by atoms with van der Waals surface area (Å²) < 4.78 is 1.83. The fourth-order valence-electron chi connectivity index (χ4n) is 2.62. The topological polar surface area (TPSA) is 92.9 Å². The van der Waals surface area contributed by atoms with E-state index in [4.69, 9.17) is 28.3 Å². The Morgan fingerprint density at radius 2 is 2.08 bits per heavy atom. The number of nitrogens with one attached hydrogen (secondary N) is 1. The number of carboxylic acid groups (broad SMARTS) is 1. The molecule has 9 heteroatoms. The van der Waals surface area contributed by atoms with E-state index in [0.29, 0.717) is 35.0 Å². The second kappa shape index (κ2) is 7.25. The number of hydrogen-bond acceptors (Lipinski definition) is 5. The van der Waals surface area contributed by atoms with Crippen molar-refractivity contribution in [1.82, 2.24) is 19.5 Å². The maximum atomic E-state index is 10.9. The zero-order valence-electron chi connectivity index (χ0n) is 13.3. The first-order valence-electron chi connectivity index (χ1n) is 7.53. The molecule has 3 aromatic rings. The molecule has 0 aliphatic rings. The highest BCUT2D eigenvalue weighted by molar-refractivity contribution is 6.30. The van der Waals surface area contributed by atoms with Gasteiger partial charge in [0.1, 0.15) is 0 Å². The molecule has 0 amide bonds. The number of fused-ring (bicyclic) bond motifs is 1. The van der Waals surface area contributed by atoms with E-state index in [2.05, 4.69) is 20.3 Å². The molecular formula is C16H15Cl2N5O2. The van der Waals surface area contributed by atoms with Crippen molar-refractivity contribution < 1.29 is 9.90 Å². The van der Waals surface area contributed by atoms with Gasteiger partial charge in [-0.2, -0.15) is 9.97 Å². The number of imidazole rings is 1. The molecule has 0 aliphatic carbocycles. The maximum absolute atomic E-state index is 10.9. The van der Waals surface area contributed by atoms with Gasteiger partial charge in [0.25, 0.3) is 0 Å². The first-order chi connectivity index (χ1) is 12.0. The molecule has 0 aliphatic heterocycles. The number of nitrogens with zero attached hydrogens (tertiary/aromatic N) is 4. The fourth-order valence-corrected chi connectivity index (χ4v) is 2.98. The van der Waals surface area contributed by atoms with Crippen LogP contribution in [0.15, 0.2) is 24.5 Å². The standard InChI is InChI=1S/C16H15Cl2N5O2/c1-19-14-13-15(22-16(18)21-14)23(8-20-13)7-10-6-11(17)4-2-9(10)3-5-12(24)25/h2,4,6,8H,3,5,7H2,1H3,(H,24,25)(H,19,21,22). The molecule has 0 unspecified atom stereocenters. The van der Waals surface area contributed by atoms with Crippen LogP contribution in [0.3, 0.4) is 0 Å². The summed E-state index contributed by atoms with van der Waals surface area (Å²) in [6.45, 7) is 0.447. The van der Waals surface area contributed by atoms with Crippen molar-refractivity contribution >= 4 is 46.2 Å². The van der Waals surface area contributed by atoms with Crippen LogP contribution in [0, 0.1) is 0 Å². The van der Waals surface area contributed by atoms with Crippen molar-refractivity contribution in [2.45, 2.75) is 19.4 Å². The number of anilines is 1. The highest BCUT2D eigenvalue weighted by Crippen LogP contribution is 2.23. The minimum Gasteiger partial charge on any atom is -0.481 e. The van der Waals surface area contributed by atoms with Crippen molar-refractivity contribution in [3.63, 3.8) is 0 Å². The lowest BCUT2D eigenvalue weighted by Gasteiger charge is -2.11. The minimum absolute atomic E-state index is 0.0528. The normalized spacial score (nSPS) is 11.0. The Balaban J connectivity index is 2.00. The molecule has 0 saturated heterocycles. The molecule has 25 heavy (non-hydrogen) atoms. The van der Waals surface area contributed by atoms with Gasteiger partial charge in [0.2, 0.25) is 5.28 Å². The molecule has 1 aromatic carbocycles. The molecule has 2 heterocycles. The van der Waals surface area contributed by atoms with E-state index in [1.165, 1.54) is 0 Å². The zero-order chi connectivity index (χ0) is 18.0. The van der Waals surface area contributed by atoms with Gasteiger partial charge in [0, 0.05) is 18.5 Å². The lowest BCUT2D eigenvalue weighted by molar-refractivity contribution is -0.136. The van der Waals surface area contributed by atoms with E-state index in [1.807, 2.05) is 16.7 Å². The Morgan fingerprint density at radius 3 is 2.80 bits per heavy atom. The average Bonchev–Trinajstić information content (AvgIpc) is 2.96. The Morgan fingerprint density at radius 1 is 1.28 bits per heavy atom. The lowest BCUT2D eigenvalue weighted by Crippen LogP contribution is -2.06. The number of rotatable bonds is 6. The van der Waals surface area contributed by atoms with Gasteiger partial charge in [-0.15, -0.1) is 0 Å². The monoisotopic (exact) mass is 379 g/mol. The van der Waals surface area contributed by atoms with Crippen molar-refractivity contribution in [3.8, 4) is 0 Å². The Kier molecular flexibility index (Phi) is 5.06. The van der Waals surface area contributed by atoms with Crippen molar-refractivity contribution in [1.29, 1.82) is 0 Å².